The fraction of sp³-hybridized carbons (Fsp3) is 0. The van der Waals surface area contributed by atoms with Gasteiger partial charge >= 0.3 is 0 Å². The average molecular weight is 380 g/mol. The monoisotopic (exact) mass is 378 g/mol. The lowest BCUT2D eigenvalue weighted by atomic mass is 10.3. The molecule has 0 fully saturated rings. The lowest BCUT2D eigenvalue weighted by Crippen LogP contribution is -2.03. The largest absolute Gasteiger partial charge is 0.383 e. The molecule has 8 heteroatoms. The SMILES string of the molecule is Nc1ncnc(Nc2c(F)cc(Br)cc2F)c1Br. The van der Waals surface area contributed by atoms with Crippen LogP contribution in [0.3, 0.4) is 0 Å². The third-order valence-electron chi connectivity index (χ3n) is 2.07. The van der Waals surface area contributed by atoms with Gasteiger partial charge in [0.25, 0.3) is 0 Å². The first kappa shape index (κ1) is 13.2. The van der Waals surface area contributed by atoms with Crippen LogP contribution in [0.4, 0.5) is 26.1 Å². The molecule has 0 amide bonds. The summed E-state index contributed by atoms with van der Waals surface area (Å²) in [5.74, 6) is -1.13. The van der Waals surface area contributed by atoms with Crippen LogP contribution < -0.4 is 11.1 Å². The first-order valence-electron chi connectivity index (χ1n) is 4.66. The summed E-state index contributed by atoms with van der Waals surface area (Å²) in [6, 6.07) is 2.29. The third-order valence-corrected chi connectivity index (χ3v) is 3.31. The van der Waals surface area contributed by atoms with Crippen molar-refractivity contribution in [3.63, 3.8) is 0 Å². The average Bonchev–Trinajstić information content (AvgIpc) is 2.28. The van der Waals surface area contributed by atoms with Gasteiger partial charge in [0.05, 0.1) is 0 Å². The molecule has 0 radical (unpaired) electrons. The van der Waals surface area contributed by atoms with Gasteiger partial charge in [0.15, 0.2) is 11.6 Å². The number of hydrogen-bond acceptors (Lipinski definition) is 4. The van der Waals surface area contributed by atoms with E-state index in [2.05, 4.69) is 47.1 Å². The third kappa shape index (κ3) is 2.59. The van der Waals surface area contributed by atoms with Gasteiger partial charge in [-0.15, -0.1) is 0 Å². The minimum atomic E-state index is -0.744. The van der Waals surface area contributed by atoms with E-state index < -0.39 is 11.6 Å². The van der Waals surface area contributed by atoms with Crippen molar-refractivity contribution in [3.8, 4) is 0 Å². The Hall–Kier alpha value is -1.28. The Labute approximate surface area is 118 Å². The molecule has 0 unspecified atom stereocenters. The number of nitrogens with one attached hydrogen (secondary N) is 1. The zero-order chi connectivity index (χ0) is 13.3. The molecule has 4 nitrogen and oxygen atoms in total. The number of halogens is 4. The molecule has 0 saturated carbocycles. The van der Waals surface area contributed by atoms with Gasteiger partial charge in [-0.1, -0.05) is 15.9 Å². The van der Waals surface area contributed by atoms with Gasteiger partial charge in [-0.2, -0.15) is 0 Å². The number of anilines is 3. The van der Waals surface area contributed by atoms with Gasteiger partial charge in [-0.3, -0.25) is 0 Å². The Morgan fingerprint density at radius 1 is 1.11 bits per heavy atom. The summed E-state index contributed by atoms with van der Waals surface area (Å²) in [7, 11) is 0. The molecule has 0 spiro atoms. The fourth-order valence-corrected chi connectivity index (χ4v) is 1.96. The molecule has 0 atom stereocenters. The molecule has 0 aliphatic heterocycles. The van der Waals surface area contributed by atoms with Crippen molar-refractivity contribution < 1.29 is 8.78 Å². The summed E-state index contributed by atoms with van der Waals surface area (Å²) in [5, 5.41) is 2.53. The van der Waals surface area contributed by atoms with Gasteiger partial charge in [0.1, 0.15) is 28.1 Å². The normalized spacial score (nSPS) is 10.4. The van der Waals surface area contributed by atoms with Crippen molar-refractivity contribution in [1.82, 2.24) is 9.97 Å². The zero-order valence-electron chi connectivity index (χ0n) is 8.72. The summed E-state index contributed by atoms with van der Waals surface area (Å²) in [5.41, 5.74) is 5.23. The van der Waals surface area contributed by atoms with Crippen molar-refractivity contribution in [2.24, 2.45) is 0 Å². The van der Waals surface area contributed by atoms with Crippen LogP contribution >= 0.6 is 31.9 Å². The van der Waals surface area contributed by atoms with E-state index in [1.54, 1.807) is 0 Å². The minimum absolute atomic E-state index is 0.172. The van der Waals surface area contributed by atoms with Crippen molar-refractivity contribution in [1.29, 1.82) is 0 Å². The van der Waals surface area contributed by atoms with Crippen molar-refractivity contribution in [3.05, 3.63) is 39.0 Å². The maximum Gasteiger partial charge on any atom is 0.150 e. The van der Waals surface area contributed by atoms with Gasteiger partial charge < -0.3 is 11.1 Å². The minimum Gasteiger partial charge on any atom is -0.383 e. The number of benzene rings is 1. The van der Waals surface area contributed by atoms with E-state index in [1.807, 2.05) is 0 Å². The Bertz CT molecular complexity index is 583. The molecule has 18 heavy (non-hydrogen) atoms. The second-order valence-electron chi connectivity index (χ2n) is 3.29. The van der Waals surface area contributed by atoms with Crippen molar-refractivity contribution in [2.75, 3.05) is 11.1 Å². The predicted octanol–water partition coefficient (Wildman–Crippen LogP) is 3.61. The quantitative estimate of drug-likeness (QED) is 0.836. The highest BCUT2D eigenvalue weighted by atomic mass is 79.9. The highest BCUT2D eigenvalue weighted by molar-refractivity contribution is 9.11. The molecular formula is C10H6Br2F2N4. The Morgan fingerprint density at radius 3 is 2.33 bits per heavy atom. The van der Waals surface area contributed by atoms with E-state index >= 15 is 0 Å². The molecule has 0 saturated heterocycles. The molecule has 1 aromatic carbocycles. The molecule has 0 aliphatic rings. The van der Waals surface area contributed by atoms with Crippen LogP contribution in [0, 0.1) is 11.6 Å². The van der Waals surface area contributed by atoms with Crippen molar-refractivity contribution >= 4 is 49.2 Å². The van der Waals surface area contributed by atoms with E-state index in [1.165, 1.54) is 6.33 Å². The lowest BCUT2D eigenvalue weighted by Gasteiger charge is -2.10. The summed E-state index contributed by atoms with van der Waals surface area (Å²) in [4.78, 5) is 7.57. The van der Waals surface area contributed by atoms with E-state index in [0.29, 0.717) is 8.95 Å². The van der Waals surface area contributed by atoms with E-state index in [0.717, 1.165) is 12.1 Å². The molecule has 3 N–H and O–H groups in total. The molecule has 1 aromatic heterocycles. The fourth-order valence-electron chi connectivity index (χ4n) is 1.25. The number of aromatic nitrogens is 2. The van der Waals surface area contributed by atoms with Crippen LogP contribution in [0.5, 0.6) is 0 Å². The first-order chi connectivity index (χ1) is 8.49. The number of rotatable bonds is 2. The number of nitrogen functional groups attached to an aromatic ring is 1. The molecule has 0 bridgehead atoms. The van der Waals surface area contributed by atoms with Crippen LogP contribution in [0.25, 0.3) is 0 Å². The van der Waals surface area contributed by atoms with Gasteiger partial charge in [-0.05, 0) is 28.1 Å². The molecule has 94 valence electrons. The van der Waals surface area contributed by atoms with E-state index in [4.69, 9.17) is 5.73 Å². The van der Waals surface area contributed by atoms with Gasteiger partial charge in [0, 0.05) is 4.47 Å². The highest BCUT2D eigenvalue weighted by Crippen LogP contribution is 2.30. The van der Waals surface area contributed by atoms with Crippen LogP contribution in [0.15, 0.2) is 27.4 Å². The number of nitrogens with zero attached hydrogens (tertiary/aromatic N) is 2. The smallest absolute Gasteiger partial charge is 0.150 e. The molecule has 2 aromatic rings. The summed E-state index contributed by atoms with van der Waals surface area (Å²) in [6.07, 6.45) is 1.19. The Kier molecular flexibility index (Phi) is 3.76. The first-order valence-corrected chi connectivity index (χ1v) is 6.25. The topological polar surface area (TPSA) is 63.8 Å². The zero-order valence-corrected chi connectivity index (χ0v) is 11.9. The standard InChI is InChI=1S/C10H6Br2F2N4/c11-4-1-5(13)8(6(14)2-4)18-10-7(12)9(15)16-3-17-10/h1-3H,(H3,15,16,17,18). The summed E-state index contributed by atoms with van der Waals surface area (Å²) < 4.78 is 27.9. The molecule has 0 aliphatic carbocycles. The maximum absolute atomic E-state index is 13.6. The van der Waals surface area contributed by atoms with E-state index in [9.17, 15) is 8.78 Å². The highest BCUT2D eigenvalue weighted by Gasteiger charge is 2.14. The van der Waals surface area contributed by atoms with Crippen LogP contribution in [0.1, 0.15) is 0 Å². The Balaban J connectivity index is 2.43. The molecule has 1 heterocycles. The second kappa shape index (κ2) is 5.15. The second-order valence-corrected chi connectivity index (χ2v) is 5.00. The summed E-state index contributed by atoms with van der Waals surface area (Å²) >= 11 is 6.13. The van der Waals surface area contributed by atoms with E-state index in [-0.39, 0.29) is 17.3 Å². The van der Waals surface area contributed by atoms with Crippen LogP contribution in [-0.4, -0.2) is 9.97 Å². The Morgan fingerprint density at radius 2 is 1.72 bits per heavy atom. The summed E-state index contributed by atoms with van der Waals surface area (Å²) in [6.45, 7) is 0. The maximum atomic E-state index is 13.6. The lowest BCUT2D eigenvalue weighted by molar-refractivity contribution is 0.589. The number of hydrogen-bond donors (Lipinski definition) is 2. The number of nitrogens with two attached hydrogens (primary N) is 1. The van der Waals surface area contributed by atoms with Crippen LogP contribution in [-0.2, 0) is 0 Å². The molecular weight excluding hydrogens is 374 g/mol. The van der Waals surface area contributed by atoms with Crippen LogP contribution in [0.2, 0.25) is 0 Å². The van der Waals surface area contributed by atoms with Crippen molar-refractivity contribution in [2.45, 2.75) is 0 Å². The molecule has 2 rings (SSSR count). The van der Waals surface area contributed by atoms with Gasteiger partial charge in [-0.25, -0.2) is 18.7 Å². The van der Waals surface area contributed by atoms with Gasteiger partial charge in [0.2, 0.25) is 0 Å². The predicted molar refractivity (Wildman–Crippen MR) is 71.5 cm³/mol.